The molecule has 106 valence electrons. The lowest BCUT2D eigenvalue weighted by molar-refractivity contribution is -0.167. The van der Waals surface area contributed by atoms with Crippen LogP contribution in [0.5, 0.6) is 5.88 Å². The third-order valence-electron chi connectivity index (χ3n) is 2.23. The first-order valence-electron chi connectivity index (χ1n) is 6.08. The molecule has 0 N–H and O–H groups in total. The predicted octanol–water partition coefficient (Wildman–Crippen LogP) is 3.59. The number of ether oxygens (including phenoxy) is 2. The molecule has 0 atom stereocenters. The van der Waals surface area contributed by atoms with Crippen LogP contribution in [-0.2, 0) is 9.53 Å². The number of esters is 1. The van der Waals surface area contributed by atoms with E-state index in [0.717, 1.165) is 4.47 Å². The van der Waals surface area contributed by atoms with Gasteiger partial charge in [0.15, 0.2) is 0 Å². The molecule has 0 amide bonds. The summed E-state index contributed by atoms with van der Waals surface area (Å²) in [5.41, 5.74) is -1.22. The van der Waals surface area contributed by atoms with Crippen molar-refractivity contribution in [3.05, 3.63) is 22.8 Å². The molecule has 0 aromatic carbocycles. The SMILES string of the molecule is CC(C)(C)OC(=O)C(C)(C)COc1ccc(Br)cn1. The molecule has 0 bridgehead atoms. The second kappa shape index (κ2) is 5.90. The number of hydrogen-bond acceptors (Lipinski definition) is 4. The molecule has 0 aliphatic rings. The second-order valence-corrected chi connectivity index (χ2v) is 6.90. The fraction of sp³-hybridized carbons (Fsp3) is 0.571. The van der Waals surface area contributed by atoms with Gasteiger partial charge in [-0.1, -0.05) is 0 Å². The Morgan fingerprint density at radius 1 is 1.26 bits per heavy atom. The highest BCUT2D eigenvalue weighted by Gasteiger charge is 2.33. The van der Waals surface area contributed by atoms with E-state index in [0.29, 0.717) is 5.88 Å². The molecule has 0 radical (unpaired) electrons. The minimum absolute atomic E-state index is 0.219. The first kappa shape index (κ1) is 16.0. The third kappa shape index (κ3) is 5.59. The number of rotatable bonds is 4. The van der Waals surface area contributed by atoms with Gasteiger partial charge in [0.1, 0.15) is 12.2 Å². The molecule has 0 saturated carbocycles. The highest BCUT2D eigenvalue weighted by molar-refractivity contribution is 9.10. The Labute approximate surface area is 122 Å². The van der Waals surface area contributed by atoms with Gasteiger partial charge in [-0.15, -0.1) is 0 Å². The Kier molecular flexibility index (Phi) is 4.96. The summed E-state index contributed by atoms with van der Waals surface area (Å²) in [6.45, 7) is 9.34. The summed E-state index contributed by atoms with van der Waals surface area (Å²) in [5.74, 6) is 0.206. The van der Waals surface area contributed by atoms with Crippen molar-refractivity contribution in [3.63, 3.8) is 0 Å². The molecule has 0 saturated heterocycles. The molecule has 0 fully saturated rings. The zero-order valence-electron chi connectivity index (χ0n) is 12.0. The summed E-state index contributed by atoms with van der Waals surface area (Å²) in [6, 6.07) is 3.58. The summed E-state index contributed by atoms with van der Waals surface area (Å²) >= 11 is 3.30. The molecule has 1 aromatic heterocycles. The predicted molar refractivity (Wildman–Crippen MR) is 77.1 cm³/mol. The van der Waals surface area contributed by atoms with Crippen LogP contribution < -0.4 is 4.74 Å². The molecule has 1 heterocycles. The molecule has 19 heavy (non-hydrogen) atoms. The van der Waals surface area contributed by atoms with E-state index in [-0.39, 0.29) is 12.6 Å². The monoisotopic (exact) mass is 329 g/mol. The highest BCUT2D eigenvalue weighted by atomic mass is 79.9. The van der Waals surface area contributed by atoms with Crippen LogP contribution in [0, 0.1) is 5.41 Å². The number of nitrogens with zero attached hydrogens (tertiary/aromatic N) is 1. The molecular formula is C14H20BrNO3. The maximum atomic E-state index is 12.0. The molecule has 0 aliphatic carbocycles. The standard InChI is InChI=1S/C14H20BrNO3/c1-13(2,3)19-12(17)14(4,5)9-18-11-7-6-10(15)8-16-11/h6-8H,9H2,1-5H3. The largest absolute Gasteiger partial charge is 0.476 e. The van der Waals surface area contributed by atoms with Crippen molar-refractivity contribution >= 4 is 21.9 Å². The van der Waals surface area contributed by atoms with Crippen molar-refractivity contribution in [1.29, 1.82) is 0 Å². The van der Waals surface area contributed by atoms with Gasteiger partial charge in [0.05, 0.1) is 5.41 Å². The second-order valence-electron chi connectivity index (χ2n) is 5.99. The molecule has 1 rings (SSSR count). The summed E-state index contributed by atoms with van der Waals surface area (Å²) in [5, 5.41) is 0. The van der Waals surface area contributed by atoms with Crippen LogP contribution in [0.25, 0.3) is 0 Å². The van der Waals surface area contributed by atoms with Crippen molar-refractivity contribution < 1.29 is 14.3 Å². The van der Waals surface area contributed by atoms with E-state index in [2.05, 4.69) is 20.9 Å². The number of pyridine rings is 1. The summed E-state index contributed by atoms with van der Waals surface area (Å²) < 4.78 is 11.8. The average molecular weight is 330 g/mol. The Morgan fingerprint density at radius 2 is 1.89 bits per heavy atom. The Morgan fingerprint density at radius 3 is 2.37 bits per heavy atom. The van der Waals surface area contributed by atoms with E-state index in [9.17, 15) is 4.79 Å². The van der Waals surface area contributed by atoms with Crippen LogP contribution in [0.2, 0.25) is 0 Å². The van der Waals surface area contributed by atoms with Crippen LogP contribution in [0.4, 0.5) is 0 Å². The highest BCUT2D eigenvalue weighted by Crippen LogP contribution is 2.23. The van der Waals surface area contributed by atoms with Crippen molar-refractivity contribution in [2.45, 2.75) is 40.2 Å². The molecule has 0 aliphatic heterocycles. The first-order chi connectivity index (χ1) is 8.60. The lowest BCUT2D eigenvalue weighted by Gasteiger charge is -2.28. The lowest BCUT2D eigenvalue weighted by atomic mass is 9.94. The van der Waals surface area contributed by atoms with Gasteiger partial charge in [0, 0.05) is 16.7 Å². The summed E-state index contributed by atoms with van der Waals surface area (Å²) in [6.07, 6.45) is 1.65. The molecule has 0 unspecified atom stereocenters. The molecular weight excluding hydrogens is 310 g/mol. The number of aromatic nitrogens is 1. The summed E-state index contributed by atoms with van der Waals surface area (Å²) in [7, 11) is 0. The van der Waals surface area contributed by atoms with Crippen molar-refractivity contribution in [1.82, 2.24) is 4.98 Å². The fourth-order valence-electron chi connectivity index (χ4n) is 1.18. The Hall–Kier alpha value is -1.10. The number of carbonyl (C=O) groups excluding carboxylic acids is 1. The van der Waals surface area contributed by atoms with Gasteiger partial charge < -0.3 is 9.47 Å². The Bertz CT molecular complexity index is 435. The number of carbonyl (C=O) groups is 1. The molecule has 5 heteroatoms. The van der Waals surface area contributed by atoms with E-state index >= 15 is 0 Å². The van der Waals surface area contributed by atoms with Gasteiger partial charge in [-0.05, 0) is 56.6 Å². The molecule has 0 spiro atoms. The maximum absolute atomic E-state index is 12.0. The normalized spacial score (nSPS) is 12.1. The van der Waals surface area contributed by atoms with Gasteiger partial charge >= 0.3 is 5.97 Å². The third-order valence-corrected chi connectivity index (χ3v) is 2.70. The van der Waals surface area contributed by atoms with E-state index in [1.807, 2.05) is 26.8 Å². The zero-order valence-corrected chi connectivity index (χ0v) is 13.6. The minimum Gasteiger partial charge on any atom is -0.476 e. The Balaban J connectivity index is 2.59. The number of hydrogen-bond donors (Lipinski definition) is 0. The van der Waals surface area contributed by atoms with Crippen molar-refractivity contribution in [3.8, 4) is 5.88 Å². The van der Waals surface area contributed by atoms with Crippen molar-refractivity contribution in [2.75, 3.05) is 6.61 Å². The molecule has 1 aromatic rings. The zero-order chi connectivity index (χ0) is 14.7. The van der Waals surface area contributed by atoms with Crippen LogP contribution >= 0.6 is 15.9 Å². The van der Waals surface area contributed by atoms with Crippen LogP contribution in [-0.4, -0.2) is 23.2 Å². The van der Waals surface area contributed by atoms with Gasteiger partial charge in [-0.25, -0.2) is 4.98 Å². The minimum atomic E-state index is -0.720. The first-order valence-corrected chi connectivity index (χ1v) is 6.87. The van der Waals surface area contributed by atoms with Crippen molar-refractivity contribution in [2.24, 2.45) is 5.41 Å². The average Bonchev–Trinajstić information content (AvgIpc) is 2.26. The van der Waals surface area contributed by atoms with Gasteiger partial charge in [-0.2, -0.15) is 0 Å². The molecule has 4 nitrogen and oxygen atoms in total. The van der Waals surface area contributed by atoms with Gasteiger partial charge in [0.25, 0.3) is 0 Å². The summed E-state index contributed by atoms with van der Waals surface area (Å²) in [4.78, 5) is 16.1. The smallest absolute Gasteiger partial charge is 0.315 e. The van der Waals surface area contributed by atoms with Crippen LogP contribution in [0.1, 0.15) is 34.6 Å². The fourth-order valence-corrected chi connectivity index (χ4v) is 1.41. The quantitative estimate of drug-likeness (QED) is 0.792. The maximum Gasteiger partial charge on any atom is 0.315 e. The van der Waals surface area contributed by atoms with Gasteiger partial charge in [0.2, 0.25) is 5.88 Å². The van der Waals surface area contributed by atoms with E-state index in [1.165, 1.54) is 0 Å². The van der Waals surface area contributed by atoms with E-state index < -0.39 is 11.0 Å². The van der Waals surface area contributed by atoms with Crippen LogP contribution in [0.15, 0.2) is 22.8 Å². The topological polar surface area (TPSA) is 48.4 Å². The lowest BCUT2D eigenvalue weighted by Crippen LogP contribution is -2.37. The van der Waals surface area contributed by atoms with E-state index in [4.69, 9.17) is 9.47 Å². The van der Waals surface area contributed by atoms with Crippen LogP contribution in [0.3, 0.4) is 0 Å². The van der Waals surface area contributed by atoms with E-state index in [1.54, 1.807) is 26.1 Å². The van der Waals surface area contributed by atoms with Gasteiger partial charge in [-0.3, -0.25) is 4.79 Å². The number of halogens is 1.